The van der Waals surface area contributed by atoms with Gasteiger partial charge in [0.1, 0.15) is 0 Å². The van der Waals surface area contributed by atoms with Gasteiger partial charge in [0, 0.05) is 0 Å². The smallest absolute Gasteiger partial charge is 0.316 e. The van der Waals surface area contributed by atoms with Crippen molar-refractivity contribution in [3.63, 3.8) is 0 Å². The molecular formula is C12H11NO4S. The molecule has 1 aromatic heterocycles. The summed E-state index contributed by atoms with van der Waals surface area (Å²) in [5.74, 6) is -0.332. The quantitative estimate of drug-likeness (QED) is 0.620. The van der Waals surface area contributed by atoms with Crippen molar-refractivity contribution in [3.8, 4) is 0 Å². The van der Waals surface area contributed by atoms with Crippen LogP contribution in [-0.2, 0) is 9.53 Å². The third kappa shape index (κ3) is 2.70. The number of esters is 1. The van der Waals surface area contributed by atoms with Crippen molar-refractivity contribution in [2.45, 2.75) is 11.9 Å². The topological polar surface area (TPSA) is 69.4 Å². The summed E-state index contributed by atoms with van der Waals surface area (Å²) in [4.78, 5) is 23.2. The van der Waals surface area contributed by atoms with Crippen LogP contribution >= 0.6 is 11.8 Å². The van der Waals surface area contributed by atoms with Crippen LogP contribution in [0.25, 0.3) is 11.0 Å². The molecule has 0 amide bonds. The number of hydrogen-bond acceptors (Lipinski definition) is 6. The van der Waals surface area contributed by atoms with Gasteiger partial charge in [0.2, 0.25) is 5.43 Å². The first-order valence-electron chi connectivity index (χ1n) is 5.39. The number of aromatic nitrogens is 1. The summed E-state index contributed by atoms with van der Waals surface area (Å²) in [5.41, 5.74) is 0.203. The molecular weight excluding hydrogens is 254 g/mol. The van der Waals surface area contributed by atoms with Crippen molar-refractivity contribution in [1.29, 1.82) is 0 Å². The molecule has 0 atom stereocenters. The Balaban J connectivity index is 2.22. The van der Waals surface area contributed by atoms with Crippen LogP contribution in [0.4, 0.5) is 0 Å². The van der Waals surface area contributed by atoms with Gasteiger partial charge in [-0.25, -0.2) is 0 Å². The van der Waals surface area contributed by atoms with E-state index in [1.807, 2.05) is 0 Å². The van der Waals surface area contributed by atoms with Crippen molar-refractivity contribution >= 4 is 28.7 Å². The van der Waals surface area contributed by atoms with Gasteiger partial charge in [0.25, 0.3) is 0 Å². The second kappa shape index (κ2) is 5.68. The molecule has 0 fully saturated rings. The van der Waals surface area contributed by atoms with E-state index in [9.17, 15) is 9.59 Å². The maximum Gasteiger partial charge on any atom is 0.316 e. The number of thioether (sulfide) groups is 1. The lowest BCUT2D eigenvalue weighted by Crippen LogP contribution is -2.11. The first-order valence-corrected chi connectivity index (χ1v) is 6.38. The minimum absolute atomic E-state index is 0.0456. The monoisotopic (exact) mass is 265 g/mol. The molecule has 0 N–H and O–H groups in total. The molecule has 0 aliphatic rings. The molecule has 1 heterocycles. The normalized spacial score (nSPS) is 10.5. The van der Waals surface area contributed by atoms with Gasteiger partial charge in [-0.2, -0.15) is 0 Å². The fraction of sp³-hybridized carbons (Fsp3) is 0.250. The molecule has 1 aromatic carbocycles. The highest BCUT2D eigenvalue weighted by Crippen LogP contribution is 2.15. The highest BCUT2D eigenvalue weighted by Gasteiger charge is 2.11. The predicted molar refractivity (Wildman–Crippen MR) is 67.6 cm³/mol. The van der Waals surface area contributed by atoms with Crippen LogP contribution in [0, 0.1) is 0 Å². The fourth-order valence-electron chi connectivity index (χ4n) is 1.40. The van der Waals surface area contributed by atoms with Gasteiger partial charge in [-0.05, 0) is 19.1 Å². The van der Waals surface area contributed by atoms with Gasteiger partial charge in [-0.1, -0.05) is 29.1 Å². The van der Waals surface area contributed by atoms with Crippen LogP contribution in [0.1, 0.15) is 6.92 Å². The summed E-state index contributed by atoms with van der Waals surface area (Å²) >= 11 is 1.02. The summed E-state index contributed by atoms with van der Waals surface area (Å²) in [5, 5.41) is 4.33. The summed E-state index contributed by atoms with van der Waals surface area (Å²) in [6.07, 6.45) is 0. The van der Waals surface area contributed by atoms with Crippen LogP contribution in [0.3, 0.4) is 0 Å². The lowest BCUT2D eigenvalue weighted by atomic mass is 10.2. The van der Waals surface area contributed by atoms with E-state index < -0.39 is 0 Å². The number of carbonyl (C=O) groups excluding carboxylic acids is 1. The largest absolute Gasteiger partial charge is 0.465 e. The van der Waals surface area contributed by atoms with E-state index in [0.717, 1.165) is 11.8 Å². The van der Waals surface area contributed by atoms with Crippen LogP contribution < -0.4 is 5.43 Å². The molecule has 6 heteroatoms. The summed E-state index contributed by atoms with van der Waals surface area (Å²) in [6.45, 7) is 2.05. The first kappa shape index (κ1) is 12.6. The lowest BCUT2D eigenvalue weighted by Gasteiger charge is -2.01. The average molecular weight is 265 g/mol. The maximum absolute atomic E-state index is 12.0. The molecule has 0 bridgehead atoms. The molecule has 0 saturated carbocycles. The molecule has 0 aliphatic carbocycles. The highest BCUT2D eigenvalue weighted by atomic mass is 32.2. The van der Waals surface area contributed by atoms with Gasteiger partial charge in [0.15, 0.2) is 10.6 Å². The molecule has 0 saturated heterocycles. The molecule has 0 aliphatic heterocycles. The number of ether oxygens (including phenoxy) is 1. The molecule has 0 spiro atoms. The van der Waals surface area contributed by atoms with E-state index in [4.69, 9.17) is 9.26 Å². The van der Waals surface area contributed by atoms with Gasteiger partial charge in [-0.15, -0.1) is 0 Å². The SMILES string of the molecule is CCOC(=O)CSc1noc2ccccc2c1=O. The Morgan fingerprint density at radius 3 is 3.00 bits per heavy atom. The third-order valence-electron chi connectivity index (χ3n) is 2.18. The van der Waals surface area contributed by atoms with Gasteiger partial charge < -0.3 is 9.26 Å². The van der Waals surface area contributed by atoms with E-state index in [1.54, 1.807) is 31.2 Å². The second-order valence-electron chi connectivity index (χ2n) is 3.41. The van der Waals surface area contributed by atoms with E-state index in [0.29, 0.717) is 17.6 Å². The standard InChI is InChI=1S/C12H11NO4S/c1-2-16-10(14)7-18-12-11(15)8-5-3-4-6-9(8)17-13-12/h3-6H,2,7H2,1H3. The number of rotatable bonds is 4. The van der Waals surface area contributed by atoms with Gasteiger partial charge >= 0.3 is 5.97 Å². The number of para-hydroxylation sites is 1. The highest BCUT2D eigenvalue weighted by molar-refractivity contribution is 7.99. The number of benzene rings is 1. The van der Waals surface area contributed by atoms with Crippen molar-refractivity contribution < 1.29 is 14.1 Å². The zero-order valence-electron chi connectivity index (χ0n) is 9.71. The molecule has 18 heavy (non-hydrogen) atoms. The van der Waals surface area contributed by atoms with Crippen LogP contribution in [0.15, 0.2) is 38.6 Å². The number of hydrogen-bond donors (Lipinski definition) is 0. The summed E-state index contributed by atoms with van der Waals surface area (Å²) in [6, 6.07) is 6.85. The zero-order chi connectivity index (χ0) is 13.0. The number of carbonyl (C=O) groups is 1. The first-order chi connectivity index (χ1) is 8.72. The number of nitrogens with zero attached hydrogens (tertiary/aromatic N) is 1. The zero-order valence-corrected chi connectivity index (χ0v) is 10.5. The van der Waals surface area contributed by atoms with Crippen LogP contribution in [-0.4, -0.2) is 23.5 Å². The summed E-state index contributed by atoms with van der Waals surface area (Å²) in [7, 11) is 0. The predicted octanol–water partition coefficient (Wildman–Crippen LogP) is 1.84. The van der Waals surface area contributed by atoms with Crippen LogP contribution in [0.5, 0.6) is 0 Å². The van der Waals surface area contributed by atoms with Gasteiger partial charge in [0.05, 0.1) is 17.7 Å². The molecule has 0 radical (unpaired) electrons. The maximum atomic E-state index is 12.0. The van der Waals surface area contributed by atoms with E-state index in [2.05, 4.69) is 5.16 Å². The molecule has 5 nitrogen and oxygen atoms in total. The van der Waals surface area contributed by atoms with Crippen molar-refractivity contribution in [3.05, 3.63) is 34.5 Å². The third-order valence-corrected chi connectivity index (χ3v) is 3.10. The Morgan fingerprint density at radius 2 is 2.22 bits per heavy atom. The lowest BCUT2D eigenvalue weighted by molar-refractivity contribution is -0.139. The fourth-order valence-corrected chi connectivity index (χ4v) is 2.07. The van der Waals surface area contributed by atoms with Crippen molar-refractivity contribution in [2.75, 3.05) is 12.4 Å². The average Bonchev–Trinajstić information content (AvgIpc) is 2.39. The minimum Gasteiger partial charge on any atom is -0.465 e. The van der Waals surface area contributed by atoms with Gasteiger partial charge in [-0.3, -0.25) is 9.59 Å². The van der Waals surface area contributed by atoms with E-state index in [1.165, 1.54) is 0 Å². The Hall–Kier alpha value is -1.82. The Labute approximate surface area is 107 Å². The minimum atomic E-state index is -0.378. The second-order valence-corrected chi connectivity index (χ2v) is 4.37. The molecule has 2 aromatic rings. The molecule has 94 valence electrons. The Kier molecular flexibility index (Phi) is 3.99. The Bertz CT molecular complexity index is 623. The van der Waals surface area contributed by atoms with Crippen molar-refractivity contribution in [1.82, 2.24) is 5.16 Å². The van der Waals surface area contributed by atoms with E-state index in [-0.39, 0.29) is 22.2 Å². The molecule has 2 rings (SSSR count). The Morgan fingerprint density at radius 1 is 1.44 bits per heavy atom. The number of fused-ring (bicyclic) bond motifs is 1. The summed E-state index contributed by atoms with van der Waals surface area (Å²) < 4.78 is 9.86. The van der Waals surface area contributed by atoms with Crippen molar-refractivity contribution in [2.24, 2.45) is 0 Å². The molecule has 0 unspecified atom stereocenters. The van der Waals surface area contributed by atoms with Crippen LogP contribution in [0.2, 0.25) is 0 Å². The van der Waals surface area contributed by atoms with E-state index >= 15 is 0 Å².